The lowest BCUT2D eigenvalue weighted by molar-refractivity contribution is 0.0177. The van der Waals surface area contributed by atoms with Crippen LogP contribution in [0.2, 0.25) is 0 Å². The van der Waals surface area contributed by atoms with Crippen molar-refractivity contribution in [3.05, 3.63) is 38.0 Å². The van der Waals surface area contributed by atoms with Crippen molar-refractivity contribution >= 4 is 28.6 Å². The fraction of sp³-hybridized carbons (Fsp3) is 0.600. The van der Waals surface area contributed by atoms with Crippen LogP contribution >= 0.6 is 22.7 Å². The highest BCUT2D eigenvalue weighted by Gasteiger charge is 2.24. The quantitative estimate of drug-likeness (QED) is 0.530. The molecule has 154 valence electrons. The molecule has 8 heteroatoms. The normalized spacial score (nSPS) is 17.1. The van der Waals surface area contributed by atoms with Crippen LogP contribution < -0.4 is 10.6 Å². The molecule has 2 N–H and O–H groups in total. The lowest BCUT2D eigenvalue weighted by Crippen LogP contribution is -2.46. The van der Waals surface area contributed by atoms with Gasteiger partial charge in [0.05, 0.1) is 31.5 Å². The summed E-state index contributed by atoms with van der Waals surface area (Å²) in [6.45, 7) is 11.5. The van der Waals surface area contributed by atoms with Crippen LogP contribution in [0.15, 0.2) is 22.5 Å². The molecule has 6 nitrogen and oxygen atoms in total. The van der Waals surface area contributed by atoms with Crippen LogP contribution in [-0.4, -0.2) is 55.7 Å². The number of thiazole rings is 1. The van der Waals surface area contributed by atoms with E-state index < -0.39 is 0 Å². The third kappa shape index (κ3) is 5.76. The number of aryl methyl sites for hydroxylation is 1. The Morgan fingerprint density at radius 3 is 2.68 bits per heavy atom. The molecule has 2 aromatic heterocycles. The molecule has 1 unspecified atom stereocenters. The van der Waals surface area contributed by atoms with Gasteiger partial charge in [0.2, 0.25) is 0 Å². The maximum Gasteiger partial charge on any atom is 0.191 e. The lowest BCUT2D eigenvalue weighted by atomic mass is 10.2. The number of aromatic nitrogens is 1. The zero-order valence-electron chi connectivity index (χ0n) is 17.2. The third-order valence-corrected chi connectivity index (χ3v) is 6.80. The molecular weight excluding hydrogens is 390 g/mol. The molecule has 1 fully saturated rings. The molecule has 1 saturated heterocycles. The second kappa shape index (κ2) is 10.3. The molecule has 0 amide bonds. The van der Waals surface area contributed by atoms with Crippen LogP contribution in [0, 0.1) is 6.92 Å². The molecule has 28 heavy (non-hydrogen) atoms. The molecule has 0 aliphatic carbocycles. The largest absolute Gasteiger partial charge is 0.379 e. The first-order chi connectivity index (χ1) is 13.6. The van der Waals surface area contributed by atoms with E-state index in [1.807, 2.05) is 18.4 Å². The van der Waals surface area contributed by atoms with E-state index >= 15 is 0 Å². The Balaban J connectivity index is 1.58. The molecule has 3 rings (SSSR count). The van der Waals surface area contributed by atoms with Gasteiger partial charge in [0.25, 0.3) is 0 Å². The summed E-state index contributed by atoms with van der Waals surface area (Å²) in [5.74, 6) is 1.28. The summed E-state index contributed by atoms with van der Waals surface area (Å²) in [6, 6.07) is 4.78. The van der Waals surface area contributed by atoms with Crippen molar-refractivity contribution in [1.29, 1.82) is 0 Å². The molecule has 0 saturated carbocycles. The van der Waals surface area contributed by atoms with Crippen LogP contribution in [0.25, 0.3) is 0 Å². The number of hydrogen-bond donors (Lipinski definition) is 2. The lowest BCUT2D eigenvalue weighted by Gasteiger charge is -2.34. The average molecular weight is 422 g/mol. The minimum Gasteiger partial charge on any atom is -0.379 e. The van der Waals surface area contributed by atoms with Gasteiger partial charge in [0, 0.05) is 41.8 Å². The number of nitrogens with one attached hydrogen (secondary N) is 2. The van der Waals surface area contributed by atoms with Crippen molar-refractivity contribution in [1.82, 2.24) is 20.5 Å². The van der Waals surface area contributed by atoms with Crippen molar-refractivity contribution in [3.63, 3.8) is 0 Å². The van der Waals surface area contributed by atoms with Crippen molar-refractivity contribution in [2.24, 2.45) is 4.99 Å². The van der Waals surface area contributed by atoms with Gasteiger partial charge in [-0.1, -0.05) is 13.8 Å². The smallest absolute Gasteiger partial charge is 0.191 e. The third-order valence-electron chi connectivity index (χ3n) is 4.83. The standard InChI is InChI=1S/C20H31N5OS2/c1-14(2)16-13-27-19(24-16)12-23-20(21-4)22-11-17(18-6-5-15(3)28-18)25-7-9-26-10-8-25/h5-6,13-14,17H,7-12H2,1-4H3,(H2,21,22,23). The zero-order chi connectivity index (χ0) is 19.9. The fourth-order valence-electron chi connectivity index (χ4n) is 3.18. The molecule has 1 aliphatic heterocycles. The number of thiophene rings is 1. The maximum atomic E-state index is 5.54. The zero-order valence-corrected chi connectivity index (χ0v) is 18.8. The molecule has 2 aromatic rings. The monoisotopic (exact) mass is 421 g/mol. The summed E-state index contributed by atoms with van der Waals surface area (Å²) in [5, 5.41) is 10.1. The molecule has 1 aliphatic rings. The molecule has 3 heterocycles. The second-order valence-corrected chi connectivity index (χ2v) is 9.50. The van der Waals surface area contributed by atoms with Crippen LogP contribution in [0.1, 0.15) is 46.3 Å². The highest BCUT2D eigenvalue weighted by Crippen LogP contribution is 2.28. The number of morpholine rings is 1. The molecule has 0 aromatic carbocycles. The van der Waals surface area contributed by atoms with Crippen LogP contribution in [0.4, 0.5) is 0 Å². The van der Waals surface area contributed by atoms with E-state index in [2.05, 4.69) is 63.8 Å². The number of guanidine groups is 1. The first kappa shape index (κ1) is 21.2. The minimum atomic E-state index is 0.327. The number of hydrogen-bond acceptors (Lipinski definition) is 6. The van der Waals surface area contributed by atoms with Gasteiger partial charge in [-0.05, 0) is 25.0 Å². The highest BCUT2D eigenvalue weighted by molar-refractivity contribution is 7.12. The number of aliphatic imine (C=N–C) groups is 1. The Morgan fingerprint density at radius 1 is 1.29 bits per heavy atom. The van der Waals surface area contributed by atoms with Gasteiger partial charge in [0.15, 0.2) is 5.96 Å². The van der Waals surface area contributed by atoms with Crippen LogP contribution in [0.5, 0.6) is 0 Å². The van der Waals surface area contributed by atoms with E-state index in [0.717, 1.165) is 49.5 Å². The van der Waals surface area contributed by atoms with E-state index in [0.29, 0.717) is 18.5 Å². The maximum absolute atomic E-state index is 5.54. The number of nitrogens with zero attached hydrogens (tertiary/aromatic N) is 3. The Bertz CT molecular complexity index is 764. The van der Waals surface area contributed by atoms with Crippen molar-refractivity contribution in [3.8, 4) is 0 Å². The summed E-state index contributed by atoms with van der Waals surface area (Å²) in [5.41, 5.74) is 1.16. The van der Waals surface area contributed by atoms with Gasteiger partial charge >= 0.3 is 0 Å². The van der Waals surface area contributed by atoms with Gasteiger partial charge in [-0.25, -0.2) is 4.98 Å². The van der Waals surface area contributed by atoms with E-state index in [1.54, 1.807) is 11.3 Å². The predicted octanol–water partition coefficient (Wildman–Crippen LogP) is 3.37. The van der Waals surface area contributed by atoms with Gasteiger partial charge in [0.1, 0.15) is 5.01 Å². The second-order valence-electron chi connectivity index (χ2n) is 7.24. The van der Waals surface area contributed by atoms with Crippen LogP contribution in [0.3, 0.4) is 0 Å². The molecule has 1 atom stereocenters. The van der Waals surface area contributed by atoms with Gasteiger partial charge in [-0.2, -0.15) is 0 Å². The Labute approximate surface area is 176 Å². The molecule has 0 bridgehead atoms. The van der Waals surface area contributed by atoms with Gasteiger partial charge in [-0.3, -0.25) is 9.89 Å². The SMILES string of the molecule is CN=C(NCc1nc(C(C)C)cs1)NCC(c1ccc(C)s1)N1CCOCC1. The number of ether oxygens (including phenoxy) is 1. The Kier molecular flexibility index (Phi) is 7.84. The van der Waals surface area contributed by atoms with Crippen molar-refractivity contribution in [2.45, 2.75) is 39.3 Å². The summed E-state index contributed by atoms with van der Waals surface area (Å²) >= 11 is 3.57. The first-order valence-corrected chi connectivity index (χ1v) is 11.5. The summed E-state index contributed by atoms with van der Waals surface area (Å²) in [4.78, 5) is 14.3. The van der Waals surface area contributed by atoms with Crippen molar-refractivity contribution < 1.29 is 4.74 Å². The fourth-order valence-corrected chi connectivity index (χ4v) is 5.08. The summed E-state index contributed by atoms with van der Waals surface area (Å²) < 4.78 is 5.54. The van der Waals surface area contributed by atoms with E-state index in [-0.39, 0.29) is 0 Å². The Morgan fingerprint density at radius 2 is 2.07 bits per heavy atom. The molecular formula is C20H31N5OS2. The highest BCUT2D eigenvalue weighted by atomic mass is 32.1. The molecule has 0 radical (unpaired) electrons. The van der Waals surface area contributed by atoms with Gasteiger partial charge < -0.3 is 15.4 Å². The Hall–Kier alpha value is -1.48. The molecule has 0 spiro atoms. The van der Waals surface area contributed by atoms with E-state index in [9.17, 15) is 0 Å². The predicted molar refractivity (Wildman–Crippen MR) is 119 cm³/mol. The topological polar surface area (TPSA) is 61.8 Å². The van der Waals surface area contributed by atoms with Crippen molar-refractivity contribution in [2.75, 3.05) is 39.9 Å². The summed E-state index contributed by atoms with van der Waals surface area (Å²) in [6.07, 6.45) is 0. The number of rotatable bonds is 7. The van der Waals surface area contributed by atoms with E-state index in [4.69, 9.17) is 4.74 Å². The summed E-state index contributed by atoms with van der Waals surface area (Å²) in [7, 11) is 1.82. The van der Waals surface area contributed by atoms with E-state index in [1.165, 1.54) is 9.75 Å². The minimum absolute atomic E-state index is 0.327. The average Bonchev–Trinajstić information content (AvgIpc) is 3.34. The van der Waals surface area contributed by atoms with Gasteiger partial charge in [-0.15, -0.1) is 22.7 Å². The first-order valence-electron chi connectivity index (χ1n) is 9.83. The van der Waals surface area contributed by atoms with Crippen LogP contribution in [-0.2, 0) is 11.3 Å².